The Bertz CT molecular complexity index is 1910. The van der Waals surface area contributed by atoms with Gasteiger partial charge >= 0.3 is 11.9 Å². The molecule has 0 amide bonds. The number of guanidine groups is 1. The van der Waals surface area contributed by atoms with E-state index in [1.807, 2.05) is 0 Å². The summed E-state index contributed by atoms with van der Waals surface area (Å²) in [5.41, 5.74) is 6.86. The quantitative estimate of drug-likeness (QED) is 0.0139. The summed E-state index contributed by atoms with van der Waals surface area (Å²) in [5, 5.41) is 87.0. The van der Waals surface area contributed by atoms with E-state index >= 15 is 0 Å². The number of hydrogen-bond acceptors (Lipinski definition) is 17. The van der Waals surface area contributed by atoms with Gasteiger partial charge in [-0.2, -0.15) is 0 Å². The van der Waals surface area contributed by atoms with Crippen LogP contribution in [0.25, 0.3) is 0 Å². The zero-order valence-electron chi connectivity index (χ0n) is 35.1. The van der Waals surface area contributed by atoms with Gasteiger partial charge in [0.1, 0.15) is 42.7 Å². The van der Waals surface area contributed by atoms with E-state index in [1.54, 1.807) is 19.9 Å². The van der Waals surface area contributed by atoms with Crippen LogP contribution in [0.1, 0.15) is 39.5 Å². The predicted octanol–water partition coefficient (Wildman–Crippen LogP) is -1.99. The molecule has 6 rings (SSSR count). The minimum atomic E-state index is -2.97. The van der Waals surface area contributed by atoms with Crippen molar-refractivity contribution in [2.45, 2.75) is 99.7 Å². The van der Waals surface area contributed by atoms with E-state index in [9.17, 15) is 50.4 Å². The Hall–Kier alpha value is -3.47. The number of carbonyl (C=O) groups is 2. The summed E-state index contributed by atoms with van der Waals surface area (Å²) in [6, 6.07) is -0.535. The molecule has 63 heavy (non-hydrogen) atoms. The highest BCUT2D eigenvalue weighted by atomic mass is 33.1. The molecule has 21 heteroatoms. The zero-order chi connectivity index (χ0) is 45.6. The second kappa shape index (κ2) is 21.7. The van der Waals surface area contributed by atoms with Crippen molar-refractivity contribution in [2.24, 2.45) is 34.4 Å². The summed E-state index contributed by atoms with van der Waals surface area (Å²) >= 11 is 0. The highest BCUT2D eigenvalue weighted by molar-refractivity contribution is 8.77. The Kier molecular flexibility index (Phi) is 16.9. The molecule has 6 aliphatic rings. The number of aliphatic imine (C=N–C) groups is 1. The molecular formula is C42H59N4O15S2+. The normalized spacial score (nSPS) is 36.5. The molecule has 1 unspecified atom stereocenters. The van der Waals surface area contributed by atoms with Crippen molar-refractivity contribution >= 4 is 39.5 Å². The SMILES string of the molecule is C=C[C@H]1[C@H](O[C@@H]2O[C@H](CO)[C@@H](O)C(O)(O)[C@H]2OC(C)C)OC=C2C(=O)O[C@@H]3CC[C@@H](CO)[C@@H]3CSS[C@H]3CC#C/C(=C\C4=C(NC(N)=NCCCO)C(C(=O)O)=C[NH+](C4)[C@H]3CO)[C@H]21. The number of aliphatic hydroxyl groups is 7. The molecule has 12 N–H and O–H groups in total. The average Bonchev–Trinajstić information content (AvgIpc) is 3.63. The van der Waals surface area contributed by atoms with Crippen LogP contribution in [0.15, 0.2) is 64.2 Å². The van der Waals surface area contributed by atoms with Crippen LogP contribution in [0.4, 0.5) is 0 Å². The van der Waals surface area contributed by atoms with Crippen molar-refractivity contribution in [3.8, 4) is 11.8 Å². The molecular weight excluding hydrogens is 865 g/mol. The monoisotopic (exact) mass is 923 g/mol. The highest BCUT2D eigenvalue weighted by Crippen LogP contribution is 2.45. The maximum Gasteiger partial charge on any atom is 0.343 e. The molecule has 1 saturated heterocycles. The van der Waals surface area contributed by atoms with E-state index in [2.05, 4.69) is 28.7 Å². The lowest BCUT2D eigenvalue weighted by Crippen LogP contribution is -3.14. The van der Waals surface area contributed by atoms with Gasteiger partial charge in [0.15, 0.2) is 18.4 Å². The van der Waals surface area contributed by atoms with Crippen molar-refractivity contribution in [3.63, 3.8) is 0 Å². The highest BCUT2D eigenvalue weighted by Gasteiger charge is 2.58. The number of rotatable bonds is 13. The van der Waals surface area contributed by atoms with Gasteiger partial charge in [-0.25, -0.2) is 9.59 Å². The minimum absolute atomic E-state index is 0.00324. The number of hydrogen-bond donors (Lipinski definition) is 11. The van der Waals surface area contributed by atoms with E-state index in [1.165, 1.54) is 40.1 Å². The second-order valence-corrected chi connectivity index (χ2v) is 19.1. The maximum absolute atomic E-state index is 14.6. The number of nitrogens with zero attached hydrogens (tertiary/aromatic N) is 1. The van der Waals surface area contributed by atoms with Crippen molar-refractivity contribution in [1.29, 1.82) is 0 Å². The fourth-order valence-electron chi connectivity index (χ4n) is 8.79. The smallest absolute Gasteiger partial charge is 0.343 e. The van der Waals surface area contributed by atoms with Crippen LogP contribution in [0.5, 0.6) is 0 Å². The number of esters is 1. The molecule has 0 radical (unpaired) electrons. The van der Waals surface area contributed by atoms with Gasteiger partial charge < -0.3 is 75.6 Å². The van der Waals surface area contributed by atoms with Gasteiger partial charge in [0, 0.05) is 54.9 Å². The number of nitrogens with one attached hydrogen (secondary N) is 2. The number of nitrogens with two attached hydrogens (primary N) is 1. The standard InChI is InChI=1S/C42H58N4O15S2/c1-4-25-33-22-7-5-8-32(29(17-49)46-14-24(13-22)34(26(15-46)37(52)53)45-41(43)44-11-6-12-47)63-62-20-28-23(16-48)9-10-30(28)59-38(54)27(33)19-57-39(25)61-40-36(58-21(2)3)42(55,56)35(51)31(18-50)60-40/h4,13,15,19,21,23,25,28-33,35-36,39-40,47-51,55-56H,1,6,8-12,14,16-18,20H2,2-3H3,(H,52,53)(H3,43,44,45)/p+1/b22-13+/t23-,25+,28-,29-,30+,31+,32-,33-,35+,36-,39-,40-/m0/s1. The lowest BCUT2D eigenvalue weighted by molar-refractivity contribution is -0.870. The number of carbonyl (C=O) groups excluding carboxylic acids is 1. The third-order valence-electron chi connectivity index (χ3n) is 12.1. The molecule has 0 aromatic carbocycles. The van der Waals surface area contributed by atoms with Gasteiger partial charge in [0.2, 0.25) is 12.1 Å². The van der Waals surface area contributed by atoms with Crippen LogP contribution in [0.3, 0.4) is 0 Å². The van der Waals surface area contributed by atoms with Crippen molar-refractivity contribution in [3.05, 3.63) is 59.2 Å². The summed E-state index contributed by atoms with van der Waals surface area (Å²) in [6.45, 7) is 6.19. The number of ether oxygens (including phenoxy) is 5. The van der Waals surface area contributed by atoms with Crippen LogP contribution in [-0.4, -0.2) is 164 Å². The van der Waals surface area contributed by atoms with E-state index < -0.39 is 85.3 Å². The molecule has 2 fully saturated rings. The summed E-state index contributed by atoms with van der Waals surface area (Å²) in [5.74, 6) is -0.605. The Morgan fingerprint density at radius 1 is 1.19 bits per heavy atom. The number of fused-ring (bicyclic) bond motifs is 8. The predicted molar refractivity (Wildman–Crippen MR) is 228 cm³/mol. The molecule has 0 aromatic rings. The van der Waals surface area contributed by atoms with E-state index in [4.69, 9.17) is 29.4 Å². The van der Waals surface area contributed by atoms with Crippen molar-refractivity contribution < 1.29 is 79.0 Å². The summed E-state index contributed by atoms with van der Waals surface area (Å²) < 4.78 is 30.4. The van der Waals surface area contributed by atoms with Crippen LogP contribution < -0.4 is 16.0 Å². The Labute approximate surface area is 373 Å². The van der Waals surface area contributed by atoms with Gasteiger partial charge in [-0.1, -0.05) is 39.5 Å². The first-order valence-corrected chi connectivity index (χ1v) is 23.4. The second-order valence-electron chi connectivity index (χ2n) is 16.5. The first kappa shape index (κ1) is 49.0. The number of aliphatic hydroxyl groups excluding tert-OH is 5. The van der Waals surface area contributed by atoms with E-state index in [0.717, 1.165) is 0 Å². The minimum Gasteiger partial charge on any atom is -0.477 e. The van der Waals surface area contributed by atoms with Crippen LogP contribution in [0, 0.1) is 35.5 Å². The van der Waals surface area contributed by atoms with Gasteiger partial charge in [-0.05, 0) is 45.1 Å². The first-order chi connectivity index (χ1) is 30.2. The lowest BCUT2D eigenvalue weighted by atomic mass is 9.77. The fourth-order valence-corrected chi connectivity index (χ4v) is 12.1. The molecule has 0 aromatic heterocycles. The molecule has 5 heterocycles. The van der Waals surface area contributed by atoms with Gasteiger partial charge in [-0.3, -0.25) is 9.89 Å². The van der Waals surface area contributed by atoms with Crippen LogP contribution >= 0.6 is 21.6 Å². The topological polar surface area (TPSA) is 297 Å². The molecule has 4 bridgehead atoms. The molecule has 5 aliphatic heterocycles. The number of aliphatic carboxylic acids is 1. The molecule has 1 saturated carbocycles. The fraction of sp³-hybridized carbons (Fsp3) is 0.643. The summed E-state index contributed by atoms with van der Waals surface area (Å²) in [4.78, 5) is 32.5. The maximum atomic E-state index is 14.6. The Morgan fingerprint density at radius 3 is 2.63 bits per heavy atom. The molecule has 348 valence electrons. The molecule has 0 spiro atoms. The van der Waals surface area contributed by atoms with Crippen LogP contribution in [0.2, 0.25) is 0 Å². The third-order valence-corrected chi connectivity index (χ3v) is 15.0. The third kappa shape index (κ3) is 10.8. The number of carboxylic acid groups (broad SMARTS) is 1. The molecule has 1 aliphatic carbocycles. The van der Waals surface area contributed by atoms with Gasteiger partial charge in [0.05, 0.1) is 48.0 Å². The number of carboxylic acids is 1. The van der Waals surface area contributed by atoms with Crippen LogP contribution in [-0.2, 0) is 33.3 Å². The average molecular weight is 924 g/mol. The van der Waals surface area contributed by atoms with E-state index in [0.29, 0.717) is 35.5 Å². The molecule has 13 atom stereocenters. The lowest BCUT2D eigenvalue weighted by Gasteiger charge is -2.48. The Balaban J connectivity index is 1.54. The van der Waals surface area contributed by atoms with E-state index in [-0.39, 0.29) is 84.8 Å². The number of allylic oxidation sites excluding steroid dienone is 1. The first-order valence-electron chi connectivity index (χ1n) is 21.0. The Morgan fingerprint density at radius 2 is 1.97 bits per heavy atom. The zero-order valence-corrected chi connectivity index (χ0v) is 36.7. The van der Waals surface area contributed by atoms with Crippen molar-refractivity contribution in [1.82, 2.24) is 5.32 Å². The van der Waals surface area contributed by atoms with Gasteiger partial charge in [-0.15, -0.1) is 6.58 Å². The largest absolute Gasteiger partial charge is 0.477 e. The summed E-state index contributed by atoms with van der Waals surface area (Å²) in [7, 11) is 3.01. The van der Waals surface area contributed by atoms with Gasteiger partial charge in [0.25, 0.3) is 0 Å². The summed E-state index contributed by atoms with van der Waals surface area (Å²) in [6.07, 6.45) is -2.10. The molecule has 19 nitrogen and oxygen atoms in total. The number of quaternary nitrogens is 1. The van der Waals surface area contributed by atoms with Crippen molar-refractivity contribution in [2.75, 3.05) is 45.3 Å².